The highest BCUT2D eigenvalue weighted by molar-refractivity contribution is 5.54. The van der Waals surface area contributed by atoms with Crippen LogP contribution in [-0.4, -0.2) is 21.7 Å². The molecule has 0 bridgehead atoms. The molecule has 21 heavy (non-hydrogen) atoms. The van der Waals surface area contributed by atoms with E-state index in [2.05, 4.69) is 38.6 Å². The van der Waals surface area contributed by atoms with Gasteiger partial charge in [-0.3, -0.25) is 4.98 Å². The Morgan fingerprint density at radius 3 is 2.90 bits per heavy atom. The Bertz CT molecular complexity index is 754. The van der Waals surface area contributed by atoms with E-state index in [0.717, 1.165) is 18.7 Å². The van der Waals surface area contributed by atoms with Gasteiger partial charge < -0.3 is 9.84 Å². The van der Waals surface area contributed by atoms with Crippen molar-refractivity contribution in [3.63, 3.8) is 0 Å². The first-order valence-corrected chi connectivity index (χ1v) is 6.97. The van der Waals surface area contributed by atoms with Crippen LogP contribution in [0.25, 0.3) is 11.5 Å². The zero-order valence-corrected chi connectivity index (χ0v) is 11.4. The molecule has 2 aromatic heterocycles. The van der Waals surface area contributed by atoms with Gasteiger partial charge >= 0.3 is 0 Å². The molecular formula is C16H14N4O. The Morgan fingerprint density at radius 1 is 1.10 bits per heavy atom. The molecule has 1 aliphatic heterocycles. The lowest BCUT2D eigenvalue weighted by atomic mass is 9.94. The fourth-order valence-corrected chi connectivity index (χ4v) is 2.62. The van der Waals surface area contributed by atoms with E-state index >= 15 is 0 Å². The first-order chi connectivity index (χ1) is 10.4. The monoisotopic (exact) mass is 278 g/mol. The standard InChI is InChI=1S/C16H14N4O/c1-2-6-13-11(5-1)9-12(10-18-13)16-19-15(20-21-16)14-7-3-4-8-17-14/h1-8,12,18H,9-10H2. The molecule has 1 N–H and O–H groups in total. The second-order valence-corrected chi connectivity index (χ2v) is 5.11. The molecule has 0 radical (unpaired) electrons. The van der Waals surface area contributed by atoms with Gasteiger partial charge in [0.25, 0.3) is 0 Å². The van der Waals surface area contributed by atoms with Crippen molar-refractivity contribution in [2.45, 2.75) is 12.3 Å². The summed E-state index contributed by atoms with van der Waals surface area (Å²) >= 11 is 0. The third-order valence-electron chi connectivity index (χ3n) is 3.71. The lowest BCUT2D eigenvalue weighted by Gasteiger charge is -2.23. The quantitative estimate of drug-likeness (QED) is 0.781. The topological polar surface area (TPSA) is 63.8 Å². The van der Waals surface area contributed by atoms with Crippen molar-refractivity contribution in [1.82, 2.24) is 15.1 Å². The second-order valence-electron chi connectivity index (χ2n) is 5.11. The van der Waals surface area contributed by atoms with Crippen molar-refractivity contribution in [2.75, 3.05) is 11.9 Å². The van der Waals surface area contributed by atoms with Gasteiger partial charge in [0, 0.05) is 18.4 Å². The Labute approximate surface area is 122 Å². The number of nitrogens with one attached hydrogen (secondary N) is 1. The van der Waals surface area contributed by atoms with Crippen molar-refractivity contribution in [3.8, 4) is 11.5 Å². The molecule has 5 heteroatoms. The molecular weight excluding hydrogens is 264 g/mol. The van der Waals surface area contributed by atoms with Crippen molar-refractivity contribution >= 4 is 5.69 Å². The van der Waals surface area contributed by atoms with E-state index in [4.69, 9.17) is 4.52 Å². The molecule has 0 amide bonds. The SMILES string of the molecule is c1ccc(-c2noc(C3CNc4ccccc4C3)n2)nc1. The number of anilines is 1. The number of hydrogen-bond acceptors (Lipinski definition) is 5. The third kappa shape index (κ3) is 2.27. The molecule has 1 unspecified atom stereocenters. The van der Waals surface area contributed by atoms with Crippen LogP contribution in [0.5, 0.6) is 0 Å². The predicted octanol–water partition coefficient (Wildman–Crippen LogP) is 2.88. The molecule has 3 heterocycles. The number of pyridine rings is 1. The molecule has 0 fully saturated rings. The minimum atomic E-state index is 0.199. The maximum Gasteiger partial charge on any atom is 0.232 e. The van der Waals surface area contributed by atoms with Crippen LogP contribution < -0.4 is 5.32 Å². The molecule has 0 saturated carbocycles. The van der Waals surface area contributed by atoms with Crippen LogP contribution in [-0.2, 0) is 6.42 Å². The maximum atomic E-state index is 5.43. The zero-order valence-electron chi connectivity index (χ0n) is 11.4. The van der Waals surface area contributed by atoms with Crippen LogP contribution in [0.1, 0.15) is 17.4 Å². The molecule has 104 valence electrons. The lowest BCUT2D eigenvalue weighted by molar-refractivity contribution is 0.354. The average Bonchev–Trinajstić information content (AvgIpc) is 3.05. The number of nitrogens with zero attached hydrogens (tertiary/aromatic N) is 3. The van der Waals surface area contributed by atoms with Gasteiger partial charge in [0.15, 0.2) is 0 Å². The minimum Gasteiger partial charge on any atom is -0.384 e. The molecule has 1 aromatic carbocycles. The Hall–Kier alpha value is -2.69. The van der Waals surface area contributed by atoms with Crippen LogP contribution in [0.4, 0.5) is 5.69 Å². The van der Waals surface area contributed by atoms with Crippen LogP contribution in [0.2, 0.25) is 0 Å². The van der Waals surface area contributed by atoms with E-state index in [1.54, 1.807) is 6.20 Å². The number of aromatic nitrogens is 3. The van der Waals surface area contributed by atoms with Gasteiger partial charge in [-0.2, -0.15) is 4.98 Å². The van der Waals surface area contributed by atoms with Crippen molar-refractivity contribution in [3.05, 3.63) is 60.1 Å². The third-order valence-corrected chi connectivity index (χ3v) is 3.71. The van der Waals surface area contributed by atoms with Crippen LogP contribution >= 0.6 is 0 Å². The van der Waals surface area contributed by atoms with Gasteiger partial charge in [-0.25, -0.2) is 0 Å². The van der Waals surface area contributed by atoms with Crippen molar-refractivity contribution in [2.24, 2.45) is 0 Å². The maximum absolute atomic E-state index is 5.43. The summed E-state index contributed by atoms with van der Waals surface area (Å²) in [6.07, 6.45) is 2.64. The summed E-state index contributed by atoms with van der Waals surface area (Å²) in [5, 5.41) is 7.46. The molecule has 3 aromatic rings. The Kier molecular flexibility index (Phi) is 2.88. The summed E-state index contributed by atoms with van der Waals surface area (Å²) in [6, 6.07) is 14.0. The highest BCUT2D eigenvalue weighted by Crippen LogP contribution is 2.30. The highest BCUT2D eigenvalue weighted by Gasteiger charge is 2.24. The second kappa shape index (κ2) is 5.01. The fourth-order valence-electron chi connectivity index (χ4n) is 2.62. The number of fused-ring (bicyclic) bond motifs is 1. The molecule has 0 saturated heterocycles. The van der Waals surface area contributed by atoms with Crippen LogP contribution in [0.15, 0.2) is 53.2 Å². The number of rotatable bonds is 2. The van der Waals surface area contributed by atoms with E-state index in [-0.39, 0.29) is 5.92 Å². The zero-order chi connectivity index (χ0) is 14.1. The van der Waals surface area contributed by atoms with Crippen LogP contribution in [0.3, 0.4) is 0 Å². The van der Waals surface area contributed by atoms with E-state index in [1.165, 1.54) is 11.3 Å². The smallest absolute Gasteiger partial charge is 0.232 e. The molecule has 5 nitrogen and oxygen atoms in total. The Balaban J connectivity index is 1.60. The molecule has 0 aliphatic carbocycles. The number of benzene rings is 1. The number of hydrogen-bond donors (Lipinski definition) is 1. The first kappa shape index (κ1) is 12.1. The summed E-state index contributed by atoms with van der Waals surface area (Å²) < 4.78 is 5.43. The molecule has 4 rings (SSSR count). The number of para-hydroxylation sites is 1. The summed E-state index contributed by atoms with van der Waals surface area (Å²) in [7, 11) is 0. The van der Waals surface area contributed by atoms with Crippen LogP contribution in [0, 0.1) is 0 Å². The minimum absolute atomic E-state index is 0.199. The molecule has 1 aliphatic rings. The highest BCUT2D eigenvalue weighted by atomic mass is 16.5. The average molecular weight is 278 g/mol. The van der Waals surface area contributed by atoms with Gasteiger partial charge in [0.05, 0.1) is 5.92 Å². The molecule has 0 spiro atoms. The predicted molar refractivity (Wildman–Crippen MR) is 78.9 cm³/mol. The Morgan fingerprint density at radius 2 is 2.00 bits per heavy atom. The van der Waals surface area contributed by atoms with Gasteiger partial charge in [0.1, 0.15) is 5.69 Å². The van der Waals surface area contributed by atoms with E-state index in [0.29, 0.717) is 11.7 Å². The van der Waals surface area contributed by atoms with E-state index in [1.807, 2.05) is 24.3 Å². The summed E-state index contributed by atoms with van der Waals surface area (Å²) in [6.45, 7) is 0.806. The normalized spacial score (nSPS) is 17.0. The van der Waals surface area contributed by atoms with Gasteiger partial charge in [0.2, 0.25) is 11.7 Å². The summed E-state index contributed by atoms with van der Waals surface area (Å²) in [4.78, 5) is 8.74. The summed E-state index contributed by atoms with van der Waals surface area (Å²) in [5.74, 6) is 1.41. The molecule has 1 atom stereocenters. The van der Waals surface area contributed by atoms with E-state index in [9.17, 15) is 0 Å². The largest absolute Gasteiger partial charge is 0.384 e. The lowest BCUT2D eigenvalue weighted by Crippen LogP contribution is -2.21. The van der Waals surface area contributed by atoms with Gasteiger partial charge in [-0.15, -0.1) is 0 Å². The summed E-state index contributed by atoms with van der Waals surface area (Å²) in [5.41, 5.74) is 3.21. The van der Waals surface area contributed by atoms with Crippen molar-refractivity contribution < 1.29 is 4.52 Å². The van der Waals surface area contributed by atoms with Gasteiger partial charge in [-0.1, -0.05) is 29.4 Å². The first-order valence-electron chi connectivity index (χ1n) is 6.97. The van der Waals surface area contributed by atoms with E-state index < -0.39 is 0 Å². The van der Waals surface area contributed by atoms with Crippen molar-refractivity contribution in [1.29, 1.82) is 0 Å². The fraction of sp³-hybridized carbons (Fsp3) is 0.188. The van der Waals surface area contributed by atoms with Gasteiger partial charge in [-0.05, 0) is 30.2 Å².